The molecule has 68 valence electrons. The Morgan fingerprint density at radius 1 is 1.29 bits per heavy atom. The highest BCUT2D eigenvalue weighted by atomic mass is 16.3. The summed E-state index contributed by atoms with van der Waals surface area (Å²) >= 11 is 0. The molecule has 0 aliphatic heterocycles. The highest BCUT2D eigenvalue weighted by molar-refractivity contribution is 6.05. The quantitative estimate of drug-likeness (QED) is 0.573. The second kappa shape index (κ2) is 2.41. The molecule has 0 bridgehead atoms. The number of pyridine rings is 1. The number of hydrogen-bond acceptors (Lipinski definition) is 5. The van der Waals surface area contributed by atoms with Crippen molar-refractivity contribution in [2.24, 2.45) is 0 Å². The molecule has 0 saturated heterocycles. The Bertz CT molecular complexity index is 616. The number of nitrogens with two attached hydrogens (primary N) is 1. The van der Waals surface area contributed by atoms with Gasteiger partial charge in [0.05, 0.1) is 11.6 Å². The lowest BCUT2D eigenvalue weighted by Gasteiger charge is -1.89. The van der Waals surface area contributed by atoms with Gasteiger partial charge in [-0.05, 0) is 12.1 Å². The van der Waals surface area contributed by atoms with Gasteiger partial charge in [-0.1, -0.05) is 0 Å². The van der Waals surface area contributed by atoms with Gasteiger partial charge in [0.25, 0.3) is 0 Å². The van der Waals surface area contributed by atoms with E-state index in [2.05, 4.69) is 15.2 Å². The SMILES string of the molecule is Nc1nncc2c1oc1ncccc12. The van der Waals surface area contributed by atoms with Crippen molar-refractivity contribution < 1.29 is 4.42 Å². The Kier molecular flexibility index (Phi) is 1.25. The third-order valence-corrected chi connectivity index (χ3v) is 2.09. The fraction of sp³-hybridized carbons (Fsp3) is 0. The van der Waals surface area contributed by atoms with E-state index in [0.717, 1.165) is 10.8 Å². The zero-order valence-electron chi connectivity index (χ0n) is 7.14. The molecule has 0 spiro atoms. The first kappa shape index (κ1) is 7.25. The predicted molar refractivity (Wildman–Crippen MR) is 51.5 cm³/mol. The minimum atomic E-state index is 0.292. The number of fused-ring (bicyclic) bond motifs is 3. The number of aromatic nitrogens is 3. The number of furan rings is 1. The molecule has 0 radical (unpaired) electrons. The second-order valence-electron chi connectivity index (χ2n) is 2.93. The van der Waals surface area contributed by atoms with E-state index in [1.807, 2.05) is 12.1 Å². The maximum absolute atomic E-state index is 5.62. The summed E-state index contributed by atoms with van der Waals surface area (Å²) in [5.74, 6) is 0.292. The first-order chi connectivity index (χ1) is 6.86. The standard InChI is InChI=1S/C9H6N4O/c10-8-7-6(4-12-13-8)5-2-1-3-11-9(5)14-7/h1-4H,(H2,10,13). The van der Waals surface area contributed by atoms with Crippen molar-refractivity contribution in [3.05, 3.63) is 24.5 Å². The summed E-state index contributed by atoms with van der Waals surface area (Å²) in [7, 11) is 0. The number of hydrogen-bond donors (Lipinski definition) is 1. The monoisotopic (exact) mass is 186 g/mol. The van der Waals surface area contributed by atoms with Gasteiger partial charge in [-0.2, -0.15) is 5.10 Å². The third-order valence-electron chi connectivity index (χ3n) is 2.09. The van der Waals surface area contributed by atoms with Gasteiger partial charge in [-0.25, -0.2) is 4.98 Å². The average molecular weight is 186 g/mol. The summed E-state index contributed by atoms with van der Waals surface area (Å²) in [6.07, 6.45) is 3.29. The minimum Gasteiger partial charge on any atom is -0.434 e. The zero-order valence-corrected chi connectivity index (χ0v) is 7.14. The lowest BCUT2D eigenvalue weighted by molar-refractivity contribution is 0.652. The Morgan fingerprint density at radius 3 is 3.14 bits per heavy atom. The molecule has 3 rings (SSSR count). The summed E-state index contributed by atoms with van der Waals surface area (Å²) in [5, 5.41) is 9.24. The van der Waals surface area contributed by atoms with Gasteiger partial charge in [0.2, 0.25) is 5.71 Å². The van der Waals surface area contributed by atoms with Crippen molar-refractivity contribution >= 4 is 27.9 Å². The summed E-state index contributed by atoms with van der Waals surface area (Å²) in [6, 6.07) is 3.75. The molecule has 0 atom stereocenters. The largest absolute Gasteiger partial charge is 0.434 e. The van der Waals surface area contributed by atoms with Gasteiger partial charge in [-0.3, -0.25) is 0 Å². The Balaban J connectivity index is 2.63. The van der Waals surface area contributed by atoms with Gasteiger partial charge >= 0.3 is 0 Å². The van der Waals surface area contributed by atoms with Crippen LogP contribution in [0.1, 0.15) is 0 Å². The van der Waals surface area contributed by atoms with E-state index in [0.29, 0.717) is 17.1 Å². The van der Waals surface area contributed by atoms with Crippen LogP contribution in [0.5, 0.6) is 0 Å². The van der Waals surface area contributed by atoms with Crippen molar-refractivity contribution in [3.8, 4) is 0 Å². The third kappa shape index (κ3) is 0.806. The Morgan fingerprint density at radius 2 is 2.21 bits per heavy atom. The normalized spacial score (nSPS) is 11.1. The fourth-order valence-electron chi connectivity index (χ4n) is 1.46. The summed E-state index contributed by atoms with van der Waals surface area (Å²) < 4.78 is 5.44. The van der Waals surface area contributed by atoms with Crippen LogP contribution in [0.3, 0.4) is 0 Å². The van der Waals surface area contributed by atoms with Crippen LogP contribution < -0.4 is 5.73 Å². The van der Waals surface area contributed by atoms with Crippen molar-refractivity contribution in [3.63, 3.8) is 0 Å². The van der Waals surface area contributed by atoms with Crippen molar-refractivity contribution in [1.82, 2.24) is 15.2 Å². The highest BCUT2D eigenvalue weighted by Gasteiger charge is 2.10. The minimum absolute atomic E-state index is 0.292. The molecular weight excluding hydrogens is 180 g/mol. The lowest BCUT2D eigenvalue weighted by Crippen LogP contribution is -1.91. The van der Waals surface area contributed by atoms with Crippen LogP contribution >= 0.6 is 0 Å². The van der Waals surface area contributed by atoms with Gasteiger partial charge < -0.3 is 10.2 Å². The molecule has 0 unspecified atom stereocenters. The summed E-state index contributed by atoms with van der Waals surface area (Å²) in [5.41, 5.74) is 6.73. The van der Waals surface area contributed by atoms with Crippen molar-refractivity contribution in [2.75, 3.05) is 5.73 Å². The maximum atomic E-state index is 5.62. The maximum Gasteiger partial charge on any atom is 0.227 e. The van der Waals surface area contributed by atoms with Crippen LogP contribution in [-0.4, -0.2) is 15.2 Å². The van der Waals surface area contributed by atoms with E-state index in [1.165, 1.54) is 0 Å². The summed E-state index contributed by atoms with van der Waals surface area (Å²) in [6.45, 7) is 0. The number of nitrogens with zero attached hydrogens (tertiary/aromatic N) is 3. The van der Waals surface area contributed by atoms with E-state index >= 15 is 0 Å². The van der Waals surface area contributed by atoms with Gasteiger partial charge in [0.1, 0.15) is 0 Å². The molecule has 5 heteroatoms. The van der Waals surface area contributed by atoms with Crippen LogP contribution in [-0.2, 0) is 0 Å². The number of anilines is 1. The molecule has 3 aromatic rings. The van der Waals surface area contributed by atoms with E-state index < -0.39 is 0 Å². The molecular formula is C9H6N4O. The van der Waals surface area contributed by atoms with Gasteiger partial charge in [-0.15, -0.1) is 5.10 Å². The molecule has 0 aromatic carbocycles. The van der Waals surface area contributed by atoms with E-state index in [1.54, 1.807) is 12.4 Å². The molecule has 0 saturated carbocycles. The Hall–Kier alpha value is -2.17. The molecule has 2 N–H and O–H groups in total. The molecule has 14 heavy (non-hydrogen) atoms. The first-order valence-corrected chi connectivity index (χ1v) is 4.10. The molecule has 0 amide bonds. The van der Waals surface area contributed by atoms with E-state index in [-0.39, 0.29) is 0 Å². The van der Waals surface area contributed by atoms with Crippen LogP contribution in [0.15, 0.2) is 28.9 Å². The number of nitrogen functional groups attached to an aromatic ring is 1. The molecule has 0 aliphatic rings. The van der Waals surface area contributed by atoms with Crippen LogP contribution in [0.25, 0.3) is 22.1 Å². The molecule has 3 aromatic heterocycles. The fourth-order valence-corrected chi connectivity index (χ4v) is 1.46. The van der Waals surface area contributed by atoms with Crippen molar-refractivity contribution in [2.45, 2.75) is 0 Å². The first-order valence-electron chi connectivity index (χ1n) is 4.10. The van der Waals surface area contributed by atoms with E-state index in [9.17, 15) is 0 Å². The predicted octanol–water partition coefficient (Wildman–Crippen LogP) is 1.35. The van der Waals surface area contributed by atoms with Gasteiger partial charge in [0.15, 0.2) is 11.4 Å². The molecule has 3 heterocycles. The summed E-state index contributed by atoms with van der Waals surface area (Å²) in [4.78, 5) is 4.08. The van der Waals surface area contributed by atoms with Gasteiger partial charge in [0, 0.05) is 11.6 Å². The molecule has 0 fully saturated rings. The molecule has 5 nitrogen and oxygen atoms in total. The average Bonchev–Trinajstić information content (AvgIpc) is 2.59. The number of rotatable bonds is 0. The van der Waals surface area contributed by atoms with E-state index in [4.69, 9.17) is 10.2 Å². The zero-order chi connectivity index (χ0) is 9.54. The highest BCUT2D eigenvalue weighted by Crippen LogP contribution is 2.28. The lowest BCUT2D eigenvalue weighted by atomic mass is 10.2. The Labute approximate surface area is 78.6 Å². The van der Waals surface area contributed by atoms with Crippen LogP contribution in [0, 0.1) is 0 Å². The van der Waals surface area contributed by atoms with Crippen LogP contribution in [0.2, 0.25) is 0 Å². The van der Waals surface area contributed by atoms with Crippen LogP contribution in [0.4, 0.5) is 5.82 Å². The topological polar surface area (TPSA) is 77.8 Å². The second-order valence-corrected chi connectivity index (χ2v) is 2.93. The molecule has 0 aliphatic carbocycles. The smallest absolute Gasteiger partial charge is 0.227 e. The van der Waals surface area contributed by atoms with Crippen molar-refractivity contribution in [1.29, 1.82) is 0 Å².